The molecule has 0 fully saturated rings. The van der Waals surface area contributed by atoms with Crippen molar-refractivity contribution in [2.75, 3.05) is 10.2 Å². The minimum atomic E-state index is -0.313. The zero-order chi connectivity index (χ0) is 14.5. The molecule has 2 aromatic carbocycles. The van der Waals surface area contributed by atoms with Crippen LogP contribution in [0.1, 0.15) is 13.8 Å². The van der Waals surface area contributed by atoms with E-state index in [4.69, 9.17) is 12.2 Å². The molecule has 4 heteroatoms. The first-order valence-electron chi connectivity index (χ1n) is 6.49. The summed E-state index contributed by atoms with van der Waals surface area (Å²) in [6, 6.07) is 16.5. The number of hydrogen-bond acceptors (Lipinski definition) is 1. The van der Waals surface area contributed by atoms with Crippen LogP contribution in [0.5, 0.6) is 0 Å². The second-order valence-corrected chi connectivity index (χ2v) is 5.10. The van der Waals surface area contributed by atoms with Gasteiger partial charge < -0.3 is 10.2 Å². The van der Waals surface area contributed by atoms with Crippen LogP contribution in [0.15, 0.2) is 54.6 Å². The van der Waals surface area contributed by atoms with Gasteiger partial charge in [0.1, 0.15) is 5.82 Å². The maximum absolute atomic E-state index is 13.7. The maximum Gasteiger partial charge on any atom is 0.178 e. The molecule has 0 atom stereocenters. The van der Waals surface area contributed by atoms with Crippen LogP contribution >= 0.6 is 12.2 Å². The minimum absolute atomic E-state index is 0.171. The summed E-state index contributed by atoms with van der Waals surface area (Å²) in [6.07, 6.45) is 0. The van der Waals surface area contributed by atoms with Gasteiger partial charge in [-0.2, -0.15) is 0 Å². The van der Waals surface area contributed by atoms with Gasteiger partial charge in [0.15, 0.2) is 5.11 Å². The molecule has 104 valence electrons. The van der Waals surface area contributed by atoms with Crippen LogP contribution in [0.4, 0.5) is 15.8 Å². The van der Waals surface area contributed by atoms with Crippen LogP contribution in [-0.2, 0) is 0 Å². The number of thiocarbonyl (C=S) groups is 1. The number of para-hydroxylation sites is 2. The zero-order valence-electron chi connectivity index (χ0n) is 11.5. The molecule has 0 unspecified atom stereocenters. The molecule has 0 radical (unpaired) electrons. The molecule has 2 aromatic rings. The van der Waals surface area contributed by atoms with Crippen molar-refractivity contribution >= 4 is 28.7 Å². The Hall–Kier alpha value is -1.94. The molecule has 1 N–H and O–H groups in total. The number of hydrogen-bond donors (Lipinski definition) is 1. The van der Waals surface area contributed by atoms with Crippen molar-refractivity contribution in [3.05, 3.63) is 60.4 Å². The molecule has 0 spiro atoms. The van der Waals surface area contributed by atoms with E-state index in [1.807, 2.05) is 49.1 Å². The summed E-state index contributed by atoms with van der Waals surface area (Å²) < 4.78 is 13.7. The van der Waals surface area contributed by atoms with Gasteiger partial charge in [-0.15, -0.1) is 0 Å². The van der Waals surface area contributed by atoms with Crippen LogP contribution in [0.3, 0.4) is 0 Å². The molecular weight excluding hydrogens is 271 g/mol. The Morgan fingerprint density at radius 2 is 1.65 bits per heavy atom. The lowest BCUT2D eigenvalue weighted by molar-refractivity contribution is 0.632. The molecule has 0 saturated heterocycles. The van der Waals surface area contributed by atoms with Crippen LogP contribution in [0.25, 0.3) is 0 Å². The summed E-state index contributed by atoms with van der Waals surface area (Å²) >= 11 is 5.42. The summed E-state index contributed by atoms with van der Waals surface area (Å²) in [7, 11) is 0. The zero-order valence-corrected chi connectivity index (χ0v) is 12.3. The van der Waals surface area contributed by atoms with Gasteiger partial charge >= 0.3 is 0 Å². The Kier molecular flexibility index (Phi) is 4.69. The van der Waals surface area contributed by atoms with Crippen molar-refractivity contribution in [1.29, 1.82) is 0 Å². The first-order valence-corrected chi connectivity index (χ1v) is 6.90. The molecule has 0 bridgehead atoms. The fraction of sp³-hybridized carbons (Fsp3) is 0.188. The Morgan fingerprint density at radius 1 is 1.05 bits per heavy atom. The smallest absolute Gasteiger partial charge is 0.178 e. The van der Waals surface area contributed by atoms with Crippen LogP contribution in [0.2, 0.25) is 0 Å². The highest BCUT2D eigenvalue weighted by Gasteiger charge is 2.16. The van der Waals surface area contributed by atoms with Gasteiger partial charge in [-0.3, -0.25) is 0 Å². The summed E-state index contributed by atoms with van der Waals surface area (Å²) in [5, 5.41) is 3.46. The highest BCUT2D eigenvalue weighted by atomic mass is 32.1. The Morgan fingerprint density at radius 3 is 2.25 bits per heavy atom. The van der Waals surface area contributed by atoms with E-state index in [0.717, 1.165) is 5.69 Å². The number of anilines is 2. The van der Waals surface area contributed by atoms with Crippen molar-refractivity contribution < 1.29 is 4.39 Å². The van der Waals surface area contributed by atoms with Gasteiger partial charge in [0.05, 0.1) is 5.69 Å². The van der Waals surface area contributed by atoms with E-state index in [2.05, 4.69) is 5.32 Å². The van der Waals surface area contributed by atoms with Crippen molar-refractivity contribution in [3.63, 3.8) is 0 Å². The minimum Gasteiger partial charge on any atom is -0.330 e. The van der Waals surface area contributed by atoms with Crippen molar-refractivity contribution in [1.82, 2.24) is 0 Å². The third-order valence-corrected chi connectivity index (χ3v) is 3.18. The summed E-state index contributed by atoms with van der Waals surface area (Å²) in [4.78, 5) is 1.96. The molecule has 0 heterocycles. The van der Waals surface area contributed by atoms with Gasteiger partial charge in [-0.05, 0) is 50.3 Å². The summed E-state index contributed by atoms with van der Waals surface area (Å²) in [6.45, 7) is 4.09. The number of rotatable bonds is 3. The molecular formula is C16H17FN2S. The number of nitrogens with zero attached hydrogens (tertiary/aromatic N) is 1. The van der Waals surface area contributed by atoms with Gasteiger partial charge in [-0.1, -0.05) is 30.3 Å². The van der Waals surface area contributed by atoms with E-state index in [9.17, 15) is 4.39 Å². The molecule has 0 aliphatic heterocycles. The highest BCUT2D eigenvalue weighted by molar-refractivity contribution is 7.80. The molecule has 2 nitrogen and oxygen atoms in total. The van der Waals surface area contributed by atoms with Crippen molar-refractivity contribution in [3.8, 4) is 0 Å². The average Bonchev–Trinajstić information content (AvgIpc) is 2.42. The van der Waals surface area contributed by atoms with E-state index in [0.29, 0.717) is 10.8 Å². The lowest BCUT2D eigenvalue weighted by Gasteiger charge is -2.29. The second-order valence-electron chi connectivity index (χ2n) is 4.71. The summed E-state index contributed by atoms with van der Waals surface area (Å²) in [5.41, 5.74) is 1.37. The standard InChI is InChI=1S/C16H17FN2S/c1-12(2)19(13-8-4-3-5-9-13)16(20)18-15-11-7-6-10-14(15)17/h3-12H,1-2H3,(H,18,20). The topological polar surface area (TPSA) is 15.3 Å². The van der Waals surface area contributed by atoms with E-state index in [1.165, 1.54) is 6.07 Å². The fourth-order valence-electron chi connectivity index (χ4n) is 1.98. The van der Waals surface area contributed by atoms with E-state index in [-0.39, 0.29) is 11.9 Å². The monoisotopic (exact) mass is 288 g/mol. The normalized spacial score (nSPS) is 10.4. The van der Waals surface area contributed by atoms with Gasteiger partial charge in [0.25, 0.3) is 0 Å². The number of nitrogens with one attached hydrogen (secondary N) is 1. The van der Waals surface area contributed by atoms with Crippen LogP contribution in [0, 0.1) is 5.82 Å². The Balaban J connectivity index is 2.23. The maximum atomic E-state index is 13.7. The van der Waals surface area contributed by atoms with E-state index >= 15 is 0 Å². The Labute approximate surface area is 124 Å². The first kappa shape index (κ1) is 14.5. The van der Waals surface area contributed by atoms with Crippen molar-refractivity contribution in [2.24, 2.45) is 0 Å². The predicted octanol–water partition coefficient (Wildman–Crippen LogP) is 4.44. The highest BCUT2D eigenvalue weighted by Crippen LogP contribution is 2.20. The largest absolute Gasteiger partial charge is 0.330 e. The first-order chi connectivity index (χ1) is 9.59. The molecule has 0 aliphatic carbocycles. The molecule has 2 rings (SSSR count). The molecule has 0 aliphatic rings. The van der Waals surface area contributed by atoms with Gasteiger partial charge in [0, 0.05) is 11.7 Å². The molecule has 20 heavy (non-hydrogen) atoms. The lowest BCUT2D eigenvalue weighted by Crippen LogP contribution is -2.40. The molecule has 0 amide bonds. The molecule has 0 saturated carbocycles. The van der Waals surface area contributed by atoms with Crippen LogP contribution in [-0.4, -0.2) is 11.2 Å². The van der Waals surface area contributed by atoms with E-state index < -0.39 is 0 Å². The predicted molar refractivity (Wildman–Crippen MR) is 86.7 cm³/mol. The Bertz CT molecular complexity index is 584. The number of halogens is 1. The number of benzene rings is 2. The average molecular weight is 288 g/mol. The molecule has 0 aromatic heterocycles. The SMILES string of the molecule is CC(C)N(C(=S)Nc1ccccc1F)c1ccccc1. The third kappa shape index (κ3) is 3.33. The second kappa shape index (κ2) is 6.48. The lowest BCUT2D eigenvalue weighted by atomic mass is 10.2. The van der Waals surface area contributed by atoms with Crippen LogP contribution < -0.4 is 10.2 Å². The quantitative estimate of drug-likeness (QED) is 0.841. The third-order valence-electron chi connectivity index (χ3n) is 2.89. The van der Waals surface area contributed by atoms with Gasteiger partial charge in [0.2, 0.25) is 0 Å². The summed E-state index contributed by atoms with van der Waals surface area (Å²) in [5.74, 6) is -0.313. The van der Waals surface area contributed by atoms with E-state index in [1.54, 1.807) is 18.2 Å². The fourth-order valence-corrected chi connectivity index (χ4v) is 2.40. The van der Waals surface area contributed by atoms with Crippen molar-refractivity contribution in [2.45, 2.75) is 19.9 Å². The van der Waals surface area contributed by atoms with Gasteiger partial charge in [-0.25, -0.2) is 4.39 Å².